The van der Waals surface area contributed by atoms with Gasteiger partial charge in [-0.05, 0) is 37.7 Å². The Hall–Kier alpha value is -0.830. The summed E-state index contributed by atoms with van der Waals surface area (Å²) in [7, 11) is 0. The maximum absolute atomic E-state index is 10.8. The number of nitrogens with zero attached hydrogens (tertiary/aromatic N) is 1. The molecule has 1 aliphatic heterocycles. The largest absolute Gasteiger partial charge is 0.368 e. The van der Waals surface area contributed by atoms with Crippen LogP contribution in [0, 0.1) is 5.92 Å². The molecule has 1 atom stereocenters. The lowest BCUT2D eigenvalue weighted by atomic mass is 9.96. The Labute approximate surface area is 107 Å². The van der Waals surface area contributed by atoms with Gasteiger partial charge in [-0.1, -0.05) is 12.8 Å². The van der Waals surface area contributed by atoms with E-state index in [0.29, 0.717) is 0 Å². The summed E-state index contributed by atoms with van der Waals surface area (Å²) < 4.78 is 0. The van der Waals surface area contributed by atoms with Gasteiger partial charge in [-0.2, -0.15) is 0 Å². The van der Waals surface area contributed by atoms with Gasteiger partial charge in [0.15, 0.2) is 6.29 Å². The number of carbonyl (C=O) groups excluding carboxylic acids is 1. The highest BCUT2D eigenvalue weighted by molar-refractivity contribution is 7.12. The molecular weight excluding hydrogens is 230 g/mol. The van der Waals surface area contributed by atoms with Crippen LogP contribution in [0.4, 0.5) is 5.69 Å². The smallest absolute Gasteiger partial charge is 0.160 e. The molecule has 2 nitrogen and oxygen atoms in total. The summed E-state index contributed by atoms with van der Waals surface area (Å²) in [6, 6.07) is 2.80. The van der Waals surface area contributed by atoms with Crippen molar-refractivity contribution in [3.8, 4) is 0 Å². The molecule has 1 aromatic heterocycles. The average Bonchev–Trinajstić information content (AvgIpc) is 3.09. The highest BCUT2D eigenvalue weighted by atomic mass is 32.1. The van der Waals surface area contributed by atoms with E-state index in [4.69, 9.17) is 0 Å². The van der Waals surface area contributed by atoms with Gasteiger partial charge in [0.2, 0.25) is 0 Å². The van der Waals surface area contributed by atoms with Crippen molar-refractivity contribution < 1.29 is 4.79 Å². The van der Waals surface area contributed by atoms with Gasteiger partial charge in [0.05, 0.1) is 4.88 Å². The zero-order valence-corrected chi connectivity index (χ0v) is 10.9. The van der Waals surface area contributed by atoms with Crippen LogP contribution in [0.3, 0.4) is 0 Å². The van der Waals surface area contributed by atoms with Crippen LogP contribution in [0.15, 0.2) is 11.4 Å². The third-order valence-electron chi connectivity index (χ3n) is 4.30. The quantitative estimate of drug-likeness (QED) is 0.761. The minimum Gasteiger partial charge on any atom is -0.368 e. The second-order valence-corrected chi connectivity index (χ2v) is 6.22. The van der Waals surface area contributed by atoms with E-state index in [2.05, 4.69) is 16.3 Å². The predicted octanol–water partition coefficient (Wildman–Crippen LogP) is 3.72. The van der Waals surface area contributed by atoms with E-state index in [0.717, 1.165) is 23.1 Å². The maximum atomic E-state index is 10.8. The minimum absolute atomic E-state index is 0.742. The van der Waals surface area contributed by atoms with Gasteiger partial charge >= 0.3 is 0 Å². The molecule has 2 aliphatic rings. The number of carbonyl (C=O) groups is 1. The molecule has 0 N–H and O–H groups in total. The molecule has 1 saturated carbocycles. The van der Waals surface area contributed by atoms with Crippen molar-refractivity contribution in [1.82, 2.24) is 0 Å². The van der Waals surface area contributed by atoms with Crippen LogP contribution in [0.25, 0.3) is 0 Å². The fraction of sp³-hybridized carbons (Fsp3) is 0.643. The molecule has 0 spiro atoms. The van der Waals surface area contributed by atoms with Gasteiger partial charge < -0.3 is 4.90 Å². The zero-order chi connectivity index (χ0) is 11.7. The first kappa shape index (κ1) is 11.3. The van der Waals surface area contributed by atoms with Gasteiger partial charge in [-0.15, -0.1) is 11.3 Å². The molecule has 1 aromatic rings. The molecule has 0 bridgehead atoms. The Morgan fingerprint density at radius 3 is 2.76 bits per heavy atom. The average molecular weight is 249 g/mol. The van der Waals surface area contributed by atoms with Crippen molar-refractivity contribution in [2.75, 3.05) is 11.4 Å². The number of hydrogen-bond donors (Lipinski definition) is 0. The second-order valence-electron chi connectivity index (χ2n) is 5.27. The minimum atomic E-state index is 0.742. The molecule has 0 radical (unpaired) electrons. The van der Waals surface area contributed by atoms with Crippen LogP contribution in [-0.4, -0.2) is 18.9 Å². The molecule has 0 aromatic carbocycles. The molecule has 2 fully saturated rings. The molecule has 0 amide bonds. The summed E-state index contributed by atoms with van der Waals surface area (Å²) in [6.45, 7) is 1.18. The molecule has 92 valence electrons. The number of anilines is 1. The molecule has 17 heavy (non-hydrogen) atoms. The number of aldehydes is 1. The topological polar surface area (TPSA) is 20.3 Å². The van der Waals surface area contributed by atoms with Gasteiger partial charge in [0.25, 0.3) is 0 Å². The van der Waals surface area contributed by atoms with Gasteiger partial charge in [0.1, 0.15) is 0 Å². The molecule has 1 unspecified atom stereocenters. The van der Waals surface area contributed by atoms with E-state index in [1.165, 1.54) is 50.8 Å². The van der Waals surface area contributed by atoms with E-state index in [1.807, 2.05) is 0 Å². The SMILES string of the molecule is O=Cc1cc(N2CCCC2C2CCCC2)cs1. The van der Waals surface area contributed by atoms with Crippen LogP contribution in [-0.2, 0) is 0 Å². The third kappa shape index (κ3) is 2.13. The zero-order valence-electron chi connectivity index (χ0n) is 10.1. The standard InChI is InChI=1S/C14H19NOS/c16-9-13-8-12(10-17-13)15-7-3-6-14(15)11-4-1-2-5-11/h8-11,14H,1-7H2. The lowest BCUT2D eigenvalue weighted by Crippen LogP contribution is -2.34. The Morgan fingerprint density at radius 2 is 2.06 bits per heavy atom. The summed E-state index contributed by atoms with van der Waals surface area (Å²) in [6.07, 6.45) is 9.27. The second kappa shape index (κ2) is 4.81. The summed E-state index contributed by atoms with van der Waals surface area (Å²) in [4.78, 5) is 14.2. The van der Waals surface area contributed by atoms with Crippen LogP contribution < -0.4 is 4.90 Å². The fourth-order valence-corrected chi connectivity index (χ4v) is 4.20. The fourth-order valence-electron chi connectivity index (χ4n) is 3.50. The molecule has 1 saturated heterocycles. The van der Waals surface area contributed by atoms with Gasteiger partial charge in [0, 0.05) is 23.7 Å². The lowest BCUT2D eigenvalue weighted by molar-refractivity contribution is 0.112. The molecular formula is C14H19NOS. The normalized spacial score (nSPS) is 25.6. The first-order valence-corrected chi connectivity index (χ1v) is 7.57. The number of thiophene rings is 1. The first-order valence-electron chi connectivity index (χ1n) is 6.69. The predicted molar refractivity (Wildman–Crippen MR) is 72.0 cm³/mol. The van der Waals surface area contributed by atoms with E-state index in [9.17, 15) is 4.79 Å². The van der Waals surface area contributed by atoms with Crippen molar-refractivity contribution in [1.29, 1.82) is 0 Å². The van der Waals surface area contributed by atoms with Crippen molar-refractivity contribution >= 4 is 23.3 Å². The molecule has 2 heterocycles. The van der Waals surface area contributed by atoms with E-state index >= 15 is 0 Å². The molecule has 3 heteroatoms. The van der Waals surface area contributed by atoms with Gasteiger partial charge in [-0.25, -0.2) is 0 Å². The highest BCUT2D eigenvalue weighted by Gasteiger charge is 2.33. The lowest BCUT2D eigenvalue weighted by Gasteiger charge is -2.30. The summed E-state index contributed by atoms with van der Waals surface area (Å²) in [5, 5.41) is 2.15. The summed E-state index contributed by atoms with van der Waals surface area (Å²) in [5.41, 5.74) is 1.28. The number of rotatable bonds is 3. The van der Waals surface area contributed by atoms with Crippen molar-refractivity contribution in [3.63, 3.8) is 0 Å². The number of hydrogen-bond acceptors (Lipinski definition) is 3. The van der Waals surface area contributed by atoms with Crippen LogP contribution in [0.5, 0.6) is 0 Å². The van der Waals surface area contributed by atoms with Crippen molar-refractivity contribution in [2.45, 2.75) is 44.6 Å². The van der Waals surface area contributed by atoms with Crippen LogP contribution in [0.2, 0.25) is 0 Å². The van der Waals surface area contributed by atoms with E-state index in [1.54, 1.807) is 11.3 Å². The Bertz CT molecular complexity index is 395. The van der Waals surface area contributed by atoms with E-state index < -0.39 is 0 Å². The van der Waals surface area contributed by atoms with Gasteiger partial charge in [-0.3, -0.25) is 4.79 Å². The maximum Gasteiger partial charge on any atom is 0.160 e. The summed E-state index contributed by atoms with van der Waals surface area (Å²) in [5.74, 6) is 0.900. The first-order chi connectivity index (χ1) is 8.38. The van der Waals surface area contributed by atoms with Crippen LogP contribution >= 0.6 is 11.3 Å². The third-order valence-corrected chi connectivity index (χ3v) is 5.14. The highest BCUT2D eigenvalue weighted by Crippen LogP contribution is 2.38. The monoisotopic (exact) mass is 249 g/mol. The molecule has 1 aliphatic carbocycles. The van der Waals surface area contributed by atoms with E-state index in [-0.39, 0.29) is 0 Å². The summed E-state index contributed by atoms with van der Waals surface area (Å²) >= 11 is 1.57. The van der Waals surface area contributed by atoms with Crippen LogP contribution in [0.1, 0.15) is 48.2 Å². The molecule has 3 rings (SSSR count). The van der Waals surface area contributed by atoms with Crippen molar-refractivity contribution in [2.24, 2.45) is 5.92 Å². The Morgan fingerprint density at radius 1 is 1.24 bits per heavy atom. The Kier molecular flexibility index (Phi) is 3.19. The Balaban J connectivity index is 1.78. The van der Waals surface area contributed by atoms with Crippen molar-refractivity contribution in [3.05, 3.63) is 16.3 Å².